The van der Waals surface area contributed by atoms with Gasteiger partial charge in [-0.15, -0.1) is 11.6 Å². The number of amides is 1. The highest BCUT2D eigenvalue weighted by molar-refractivity contribution is 6.17. The Bertz CT molecular complexity index is 213. The molecule has 1 atom stereocenters. The Kier molecular flexibility index (Phi) is 4.87. The first-order valence-electron chi connectivity index (χ1n) is 5.51. The summed E-state index contributed by atoms with van der Waals surface area (Å²) in [6.45, 7) is 5.34. The zero-order chi connectivity index (χ0) is 11.3. The number of ether oxygens (including phenoxy) is 1. The number of carbonyl (C=O) groups excluding carboxylic acids is 1. The summed E-state index contributed by atoms with van der Waals surface area (Å²) in [5.41, 5.74) is -0.212. The minimum absolute atomic E-state index is 0.0216. The predicted octanol–water partition coefficient (Wildman–Crippen LogP) is 1.94. The van der Waals surface area contributed by atoms with E-state index in [4.69, 9.17) is 16.3 Å². The van der Waals surface area contributed by atoms with Crippen molar-refractivity contribution >= 4 is 17.5 Å². The van der Waals surface area contributed by atoms with Crippen molar-refractivity contribution in [3.63, 3.8) is 0 Å². The van der Waals surface area contributed by atoms with Crippen LogP contribution in [-0.2, 0) is 9.53 Å². The van der Waals surface area contributed by atoms with E-state index >= 15 is 0 Å². The molecule has 4 heteroatoms. The quantitative estimate of drug-likeness (QED) is 0.754. The molecular weight excluding hydrogens is 214 g/mol. The maximum atomic E-state index is 11.9. The number of rotatable bonds is 4. The van der Waals surface area contributed by atoms with Crippen LogP contribution >= 0.6 is 11.6 Å². The summed E-state index contributed by atoms with van der Waals surface area (Å²) in [5.74, 6) is 0.687. The molecule has 88 valence electrons. The van der Waals surface area contributed by atoms with E-state index in [9.17, 15) is 4.79 Å². The summed E-state index contributed by atoms with van der Waals surface area (Å²) in [6, 6.07) is 0. The molecule has 15 heavy (non-hydrogen) atoms. The monoisotopic (exact) mass is 233 g/mol. The zero-order valence-electron chi connectivity index (χ0n) is 9.51. The van der Waals surface area contributed by atoms with Crippen LogP contribution in [0.15, 0.2) is 0 Å². The predicted molar refractivity (Wildman–Crippen MR) is 61.1 cm³/mol. The van der Waals surface area contributed by atoms with Gasteiger partial charge in [0.15, 0.2) is 0 Å². The van der Waals surface area contributed by atoms with Crippen LogP contribution in [0.3, 0.4) is 0 Å². The van der Waals surface area contributed by atoms with Gasteiger partial charge in [0, 0.05) is 18.0 Å². The Morgan fingerprint density at radius 3 is 2.87 bits per heavy atom. The molecule has 1 unspecified atom stereocenters. The molecule has 1 heterocycles. The standard InChI is InChI=1S/C11H20ClNO2/c1-11(2,5-6-12)13-10(14)9-4-3-7-15-8-9/h9H,3-8H2,1-2H3,(H,13,14). The molecule has 1 N–H and O–H groups in total. The van der Waals surface area contributed by atoms with Crippen LogP contribution in [0.25, 0.3) is 0 Å². The number of hydrogen-bond donors (Lipinski definition) is 1. The molecule has 1 fully saturated rings. The van der Waals surface area contributed by atoms with Gasteiger partial charge in [0.25, 0.3) is 0 Å². The van der Waals surface area contributed by atoms with Crippen molar-refractivity contribution in [2.75, 3.05) is 19.1 Å². The highest BCUT2D eigenvalue weighted by Crippen LogP contribution is 2.16. The van der Waals surface area contributed by atoms with Gasteiger partial charge in [0.1, 0.15) is 0 Å². The summed E-state index contributed by atoms with van der Waals surface area (Å²) in [7, 11) is 0. The normalized spacial score (nSPS) is 22.5. The molecule has 0 aromatic rings. The molecule has 0 saturated carbocycles. The van der Waals surface area contributed by atoms with Gasteiger partial charge in [-0.1, -0.05) is 0 Å². The second-order valence-corrected chi connectivity index (χ2v) is 5.10. The molecule has 3 nitrogen and oxygen atoms in total. The summed E-state index contributed by atoms with van der Waals surface area (Å²) >= 11 is 5.68. The molecule has 0 bridgehead atoms. The van der Waals surface area contributed by atoms with E-state index in [0.29, 0.717) is 12.5 Å². The van der Waals surface area contributed by atoms with Crippen molar-refractivity contribution in [2.24, 2.45) is 5.92 Å². The van der Waals surface area contributed by atoms with Gasteiger partial charge >= 0.3 is 0 Å². The summed E-state index contributed by atoms with van der Waals surface area (Å²) in [4.78, 5) is 11.9. The molecule has 0 aromatic carbocycles. The van der Waals surface area contributed by atoms with Gasteiger partial charge < -0.3 is 10.1 Å². The van der Waals surface area contributed by atoms with Crippen LogP contribution in [0.1, 0.15) is 33.1 Å². The third-order valence-corrected chi connectivity index (χ3v) is 2.90. The van der Waals surface area contributed by atoms with E-state index in [1.165, 1.54) is 0 Å². The lowest BCUT2D eigenvalue weighted by Gasteiger charge is -2.29. The molecular formula is C11H20ClNO2. The van der Waals surface area contributed by atoms with E-state index < -0.39 is 0 Å². The first-order chi connectivity index (χ1) is 7.05. The second-order valence-electron chi connectivity index (χ2n) is 4.73. The highest BCUT2D eigenvalue weighted by Gasteiger charge is 2.26. The number of hydrogen-bond acceptors (Lipinski definition) is 2. The average molecular weight is 234 g/mol. The van der Waals surface area contributed by atoms with Crippen molar-refractivity contribution in [1.29, 1.82) is 0 Å². The largest absolute Gasteiger partial charge is 0.381 e. The van der Waals surface area contributed by atoms with Crippen molar-refractivity contribution in [3.8, 4) is 0 Å². The fourth-order valence-electron chi connectivity index (χ4n) is 1.68. The van der Waals surface area contributed by atoms with Crippen LogP contribution in [0.5, 0.6) is 0 Å². The van der Waals surface area contributed by atoms with Gasteiger partial charge in [0.05, 0.1) is 12.5 Å². The van der Waals surface area contributed by atoms with Gasteiger partial charge in [0.2, 0.25) is 5.91 Å². The Morgan fingerprint density at radius 2 is 2.33 bits per heavy atom. The Morgan fingerprint density at radius 1 is 1.60 bits per heavy atom. The molecule has 0 radical (unpaired) electrons. The van der Waals surface area contributed by atoms with Crippen LogP contribution in [0, 0.1) is 5.92 Å². The smallest absolute Gasteiger partial charge is 0.225 e. The lowest BCUT2D eigenvalue weighted by atomic mass is 9.97. The Balaban J connectivity index is 2.39. The number of carbonyl (C=O) groups is 1. The summed E-state index contributed by atoms with van der Waals surface area (Å²) in [5, 5.41) is 3.02. The molecule has 0 spiro atoms. The summed E-state index contributed by atoms with van der Waals surface area (Å²) in [6.07, 6.45) is 2.70. The minimum atomic E-state index is -0.212. The lowest BCUT2D eigenvalue weighted by Crippen LogP contribution is -2.47. The molecule has 1 rings (SSSR count). The molecule has 0 aromatic heterocycles. The lowest BCUT2D eigenvalue weighted by molar-refractivity contribution is -0.130. The van der Waals surface area contributed by atoms with Crippen LogP contribution in [0.2, 0.25) is 0 Å². The van der Waals surface area contributed by atoms with Gasteiger partial charge in [-0.2, -0.15) is 0 Å². The molecule has 1 aliphatic heterocycles. The molecule has 0 aliphatic carbocycles. The van der Waals surface area contributed by atoms with E-state index in [2.05, 4.69) is 5.32 Å². The molecule has 1 amide bonds. The van der Waals surface area contributed by atoms with Gasteiger partial charge in [-0.25, -0.2) is 0 Å². The number of nitrogens with one attached hydrogen (secondary N) is 1. The van der Waals surface area contributed by atoms with E-state index in [-0.39, 0.29) is 17.4 Å². The first kappa shape index (κ1) is 12.8. The average Bonchev–Trinajstić information content (AvgIpc) is 2.18. The Hall–Kier alpha value is -0.280. The van der Waals surface area contributed by atoms with E-state index in [1.54, 1.807) is 0 Å². The summed E-state index contributed by atoms with van der Waals surface area (Å²) < 4.78 is 5.29. The fourth-order valence-corrected chi connectivity index (χ4v) is 2.15. The molecule has 1 aliphatic rings. The SMILES string of the molecule is CC(C)(CCCl)NC(=O)C1CCCOC1. The topological polar surface area (TPSA) is 38.3 Å². The third-order valence-electron chi connectivity index (χ3n) is 2.71. The third kappa shape index (κ3) is 4.39. The van der Waals surface area contributed by atoms with Crippen molar-refractivity contribution in [3.05, 3.63) is 0 Å². The van der Waals surface area contributed by atoms with Crippen LogP contribution in [0.4, 0.5) is 0 Å². The number of alkyl halides is 1. The Labute approximate surface area is 96.5 Å². The van der Waals surface area contributed by atoms with Crippen molar-refractivity contribution < 1.29 is 9.53 Å². The minimum Gasteiger partial charge on any atom is -0.381 e. The molecule has 1 saturated heterocycles. The first-order valence-corrected chi connectivity index (χ1v) is 6.04. The zero-order valence-corrected chi connectivity index (χ0v) is 10.3. The number of halogens is 1. The van der Waals surface area contributed by atoms with E-state index in [1.807, 2.05) is 13.8 Å². The maximum absolute atomic E-state index is 11.9. The maximum Gasteiger partial charge on any atom is 0.225 e. The highest BCUT2D eigenvalue weighted by atomic mass is 35.5. The van der Waals surface area contributed by atoms with Crippen molar-refractivity contribution in [2.45, 2.75) is 38.6 Å². The van der Waals surface area contributed by atoms with Crippen LogP contribution < -0.4 is 5.32 Å². The van der Waals surface area contributed by atoms with Gasteiger partial charge in [-0.3, -0.25) is 4.79 Å². The fraction of sp³-hybridized carbons (Fsp3) is 0.909. The van der Waals surface area contributed by atoms with Gasteiger partial charge in [-0.05, 0) is 33.1 Å². The second kappa shape index (κ2) is 5.71. The van der Waals surface area contributed by atoms with Crippen LogP contribution in [-0.4, -0.2) is 30.5 Å². The van der Waals surface area contributed by atoms with E-state index in [0.717, 1.165) is 25.9 Å². The van der Waals surface area contributed by atoms with Crippen molar-refractivity contribution in [1.82, 2.24) is 5.32 Å².